The number of likely N-dealkylation sites (tertiary alicyclic amines) is 1. The molecule has 0 aliphatic carbocycles. The lowest BCUT2D eigenvalue weighted by Gasteiger charge is -2.19. The molecule has 2 unspecified atom stereocenters. The van der Waals surface area contributed by atoms with E-state index < -0.39 is 0 Å². The summed E-state index contributed by atoms with van der Waals surface area (Å²) in [5, 5.41) is 8.87. The van der Waals surface area contributed by atoms with E-state index in [0.717, 1.165) is 46.5 Å². The third-order valence-electron chi connectivity index (χ3n) is 4.78. The van der Waals surface area contributed by atoms with Crippen LogP contribution in [0.25, 0.3) is 11.3 Å². The van der Waals surface area contributed by atoms with Crippen LogP contribution in [0.2, 0.25) is 0 Å². The molecule has 2 aromatic rings. The summed E-state index contributed by atoms with van der Waals surface area (Å²) < 4.78 is 1.08. The van der Waals surface area contributed by atoms with E-state index in [1.54, 1.807) is 0 Å². The zero-order chi connectivity index (χ0) is 15.1. The number of nitrogens with zero attached hydrogens (tertiary/aromatic N) is 4. The average molecular weight is 359 g/mol. The summed E-state index contributed by atoms with van der Waals surface area (Å²) in [5.41, 5.74) is 2.03. The maximum atomic E-state index is 4.46. The summed E-state index contributed by atoms with van der Waals surface area (Å²) in [7, 11) is 2.22. The molecule has 5 heteroatoms. The normalized spacial score (nSPS) is 24.7. The van der Waals surface area contributed by atoms with Gasteiger partial charge in [0.15, 0.2) is 5.82 Å². The fourth-order valence-corrected chi connectivity index (χ4v) is 3.95. The van der Waals surface area contributed by atoms with Crippen LogP contribution < -0.4 is 4.90 Å². The summed E-state index contributed by atoms with van der Waals surface area (Å²) in [4.78, 5) is 4.83. The number of aromatic nitrogens is 2. The Balaban J connectivity index is 1.50. The zero-order valence-corrected chi connectivity index (χ0v) is 14.2. The molecule has 2 aliphatic rings. The molecule has 22 heavy (non-hydrogen) atoms. The highest BCUT2D eigenvalue weighted by Gasteiger charge is 2.39. The second kappa shape index (κ2) is 5.63. The summed E-state index contributed by atoms with van der Waals surface area (Å²) in [6.45, 7) is 4.65. The molecule has 4 nitrogen and oxygen atoms in total. The SMILES string of the molecule is CN1CC2CN(c3ccc(-c4ccc(Br)cc4)nn3)CC2C1. The van der Waals surface area contributed by atoms with Crippen molar-refractivity contribution in [2.75, 3.05) is 38.1 Å². The second-order valence-electron chi connectivity index (χ2n) is 6.43. The lowest BCUT2D eigenvalue weighted by molar-refractivity contribution is 0.387. The van der Waals surface area contributed by atoms with Crippen LogP contribution in [0.5, 0.6) is 0 Å². The lowest BCUT2D eigenvalue weighted by atomic mass is 10.0. The zero-order valence-electron chi connectivity index (χ0n) is 12.6. The van der Waals surface area contributed by atoms with Crippen LogP contribution in [0.4, 0.5) is 5.82 Å². The first-order valence-electron chi connectivity index (χ1n) is 7.72. The smallest absolute Gasteiger partial charge is 0.151 e. The van der Waals surface area contributed by atoms with Crippen LogP contribution in [0.15, 0.2) is 40.9 Å². The van der Waals surface area contributed by atoms with Crippen molar-refractivity contribution in [1.82, 2.24) is 15.1 Å². The molecule has 0 N–H and O–H groups in total. The Bertz CT molecular complexity index is 641. The van der Waals surface area contributed by atoms with Gasteiger partial charge in [0.05, 0.1) is 5.69 Å². The standard InChI is InChI=1S/C17H19BrN4/c1-21-8-13-10-22(11-14(13)9-21)17-7-6-16(19-20-17)12-2-4-15(18)5-3-12/h2-7,13-14H,8-11H2,1H3. The Morgan fingerprint density at radius 2 is 1.59 bits per heavy atom. The Kier molecular flexibility index (Phi) is 3.62. The first kappa shape index (κ1) is 14.2. The van der Waals surface area contributed by atoms with Gasteiger partial charge in [-0.15, -0.1) is 10.2 Å². The van der Waals surface area contributed by atoms with Crippen molar-refractivity contribution in [3.05, 3.63) is 40.9 Å². The molecule has 1 aromatic heterocycles. The van der Waals surface area contributed by atoms with Crippen LogP contribution in [-0.4, -0.2) is 48.3 Å². The molecule has 0 saturated carbocycles. The van der Waals surface area contributed by atoms with Crippen LogP contribution in [0.1, 0.15) is 0 Å². The van der Waals surface area contributed by atoms with Gasteiger partial charge in [0.2, 0.25) is 0 Å². The third-order valence-corrected chi connectivity index (χ3v) is 5.31. The number of fused-ring (bicyclic) bond motifs is 1. The number of hydrogen-bond donors (Lipinski definition) is 0. The van der Waals surface area contributed by atoms with E-state index >= 15 is 0 Å². The molecule has 0 spiro atoms. The minimum absolute atomic E-state index is 0.790. The van der Waals surface area contributed by atoms with Crippen LogP contribution >= 0.6 is 15.9 Å². The molecule has 2 atom stereocenters. The number of hydrogen-bond acceptors (Lipinski definition) is 4. The summed E-state index contributed by atoms with van der Waals surface area (Å²) in [6, 6.07) is 12.4. The molecular weight excluding hydrogens is 340 g/mol. The van der Waals surface area contributed by atoms with Gasteiger partial charge in [0, 0.05) is 36.2 Å². The van der Waals surface area contributed by atoms with Gasteiger partial charge in [-0.25, -0.2) is 0 Å². The maximum Gasteiger partial charge on any atom is 0.151 e. The minimum atomic E-state index is 0.790. The number of rotatable bonds is 2. The molecule has 0 radical (unpaired) electrons. The van der Waals surface area contributed by atoms with Crippen molar-refractivity contribution < 1.29 is 0 Å². The number of halogens is 1. The van der Waals surface area contributed by atoms with Crippen molar-refractivity contribution in [3.8, 4) is 11.3 Å². The Morgan fingerprint density at radius 3 is 2.18 bits per heavy atom. The van der Waals surface area contributed by atoms with E-state index in [0.29, 0.717) is 0 Å². The van der Waals surface area contributed by atoms with Gasteiger partial charge in [-0.2, -0.15) is 0 Å². The van der Waals surface area contributed by atoms with E-state index in [4.69, 9.17) is 0 Å². The Morgan fingerprint density at radius 1 is 0.909 bits per heavy atom. The minimum Gasteiger partial charge on any atom is -0.354 e. The van der Waals surface area contributed by atoms with E-state index in [-0.39, 0.29) is 0 Å². The molecule has 0 amide bonds. The van der Waals surface area contributed by atoms with Crippen LogP contribution in [-0.2, 0) is 0 Å². The van der Waals surface area contributed by atoms with E-state index in [1.165, 1.54) is 13.1 Å². The van der Waals surface area contributed by atoms with Gasteiger partial charge < -0.3 is 9.80 Å². The number of anilines is 1. The van der Waals surface area contributed by atoms with Gasteiger partial charge in [-0.3, -0.25) is 0 Å². The summed E-state index contributed by atoms with van der Waals surface area (Å²) in [6.07, 6.45) is 0. The molecular formula is C17H19BrN4. The maximum absolute atomic E-state index is 4.46. The van der Waals surface area contributed by atoms with Gasteiger partial charge >= 0.3 is 0 Å². The molecule has 3 heterocycles. The first-order chi connectivity index (χ1) is 10.7. The van der Waals surface area contributed by atoms with Crippen molar-refractivity contribution >= 4 is 21.7 Å². The molecule has 4 rings (SSSR count). The van der Waals surface area contributed by atoms with E-state index in [1.807, 2.05) is 12.1 Å². The lowest BCUT2D eigenvalue weighted by Crippen LogP contribution is -2.27. The molecule has 2 saturated heterocycles. The highest BCUT2D eigenvalue weighted by Crippen LogP contribution is 2.32. The van der Waals surface area contributed by atoms with Crippen molar-refractivity contribution in [3.63, 3.8) is 0 Å². The van der Waals surface area contributed by atoms with Gasteiger partial charge in [0.25, 0.3) is 0 Å². The monoisotopic (exact) mass is 358 g/mol. The van der Waals surface area contributed by atoms with Gasteiger partial charge in [-0.1, -0.05) is 28.1 Å². The third kappa shape index (κ3) is 2.63. The predicted molar refractivity (Wildman–Crippen MR) is 91.9 cm³/mol. The first-order valence-corrected chi connectivity index (χ1v) is 8.51. The van der Waals surface area contributed by atoms with Crippen LogP contribution in [0, 0.1) is 11.8 Å². The largest absolute Gasteiger partial charge is 0.354 e. The Hall–Kier alpha value is -1.46. The second-order valence-corrected chi connectivity index (χ2v) is 7.35. The van der Waals surface area contributed by atoms with Crippen molar-refractivity contribution in [2.24, 2.45) is 11.8 Å². The fraction of sp³-hybridized carbons (Fsp3) is 0.412. The highest BCUT2D eigenvalue weighted by atomic mass is 79.9. The topological polar surface area (TPSA) is 32.3 Å². The highest BCUT2D eigenvalue weighted by molar-refractivity contribution is 9.10. The van der Waals surface area contributed by atoms with Gasteiger partial charge in [0.1, 0.15) is 0 Å². The molecule has 1 aromatic carbocycles. The van der Waals surface area contributed by atoms with Crippen molar-refractivity contribution in [1.29, 1.82) is 0 Å². The van der Waals surface area contributed by atoms with Crippen LogP contribution in [0.3, 0.4) is 0 Å². The Labute approximate surface area is 139 Å². The van der Waals surface area contributed by atoms with Crippen molar-refractivity contribution in [2.45, 2.75) is 0 Å². The van der Waals surface area contributed by atoms with E-state index in [2.05, 4.69) is 67.2 Å². The molecule has 2 fully saturated rings. The number of benzene rings is 1. The average Bonchev–Trinajstić information content (AvgIpc) is 3.05. The van der Waals surface area contributed by atoms with Gasteiger partial charge in [-0.05, 0) is 43.1 Å². The van der Waals surface area contributed by atoms with E-state index in [9.17, 15) is 0 Å². The quantitative estimate of drug-likeness (QED) is 0.826. The summed E-state index contributed by atoms with van der Waals surface area (Å²) >= 11 is 3.46. The fourth-order valence-electron chi connectivity index (χ4n) is 3.68. The molecule has 0 bridgehead atoms. The predicted octanol–water partition coefficient (Wildman–Crippen LogP) is 2.90. The summed E-state index contributed by atoms with van der Waals surface area (Å²) in [5.74, 6) is 2.59. The molecule has 2 aliphatic heterocycles. The molecule has 114 valence electrons.